The van der Waals surface area contributed by atoms with Crippen molar-refractivity contribution >= 4 is 23.1 Å². The summed E-state index contributed by atoms with van der Waals surface area (Å²) in [7, 11) is 0. The minimum Gasteiger partial charge on any atom is -0.204 e. The number of aryl methyl sites for hydroxylation is 2. The number of rotatable bonds is 1. The molecular formula is C17H11F2NS. The van der Waals surface area contributed by atoms with E-state index in [0.29, 0.717) is 0 Å². The predicted octanol–water partition coefficient (Wildman–Crippen LogP) is 4.72. The first-order valence-corrected chi connectivity index (χ1v) is 6.59. The second kappa shape index (κ2) is 6.41. The van der Waals surface area contributed by atoms with Gasteiger partial charge in [0.2, 0.25) is 0 Å². The fourth-order valence-corrected chi connectivity index (χ4v) is 2.03. The minimum absolute atomic E-state index is 0.246. The number of benzene rings is 2. The SMILES string of the molecule is Cc1cccc(C)c1C#Cc1cc(F)c(N=C=S)c(F)c1. The lowest BCUT2D eigenvalue weighted by Crippen LogP contribution is -1.88. The number of hydrogen-bond donors (Lipinski definition) is 0. The Kier molecular flexibility index (Phi) is 4.59. The van der Waals surface area contributed by atoms with Crippen LogP contribution < -0.4 is 0 Å². The van der Waals surface area contributed by atoms with Crippen molar-refractivity contribution in [3.63, 3.8) is 0 Å². The maximum absolute atomic E-state index is 13.7. The summed E-state index contributed by atoms with van der Waals surface area (Å²) in [6.45, 7) is 3.88. The van der Waals surface area contributed by atoms with Gasteiger partial charge in [0.15, 0.2) is 11.6 Å². The highest BCUT2D eigenvalue weighted by molar-refractivity contribution is 7.78. The lowest BCUT2D eigenvalue weighted by molar-refractivity contribution is 0.587. The van der Waals surface area contributed by atoms with Crippen molar-refractivity contribution in [2.75, 3.05) is 0 Å². The van der Waals surface area contributed by atoms with E-state index in [-0.39, 0.29) is 5.56 Å². The van der Waals surface area contributed by atoms with E-state index in [4.69, 9.17) is 0 Å². The van der Waals surface area contributed by atoms with Crippen molar-refractivity contribution in [1.29, 1.82) is 0 Å². The van der Waals surface area contributed by atoms with Crippen LogP contribution in [0.5, 0.6) is 0 Å². The highest BCUT2D eigenvalue weighted by Crippen LogP contribution is 2.23. The number of hydrogen-bond acceptors (Lipinski definition) is 2. The van der Waals surface area contributed by atoms with Crippen LogP contribution in [-0.4, -0.2) is 5.16 Å². The molecule has 0 unspecified atom stereocenters. The third-order valence-corrected chi connectivity index (χ3v) is 3.08. The maximum atomic E-state index is 13.7. The topological polar surface area (TPSA) is 12.4 Å². The van der Waals surface area contributed by atoms with E-state index in [0.717, 1.165) is 28.8 Å². The molecule has 0 aliphatic heterocycles. The lowest BCUT2D eigenvalue weighted by atomic mass is 10.0. The number of thiocarbonyl (C=S) groups is 1. The summed E-state index contributed by atoms with van der Waals surface area (Å²) in [6.07, 6.45) is 0. The van der Waals surface area contributed by atoms with Crippen LogP contribution in [0.1, 0.15) is 22.3 Å². The molecule has 0 spiro atoms. The minimum atomic E-state index is -0.807. The molecule has 2 aromatic rings. The molecule has 0 aliphatic carbocycles. The summed E-state index contributed by atoms with van der Waals surface area (Å²) in [5, 5.41) is 1.95. The van der Waals surface area contributed by atoms with Crippen molar-refractivity contribution in [2.24, 2.45) is 4.99 Å². The van der Waals surface area contributed by atoms with Crippen LogP contribution in [0.15, 0.2) is 35.3 Å². The molecule has 0 radical (unpaired) electrons. The molecule has 1 nitrogen and oxygen atoms in total. The average Bonchev–Trinajstić information content (AvgIpc) is 2.42. The monoisotopic (exact) mass is 299 g/mol. The van der Waals surface area contributed by atoms with Gasteiger partial charge in [-0.3, -0.25) is 0 Å². The highest BCUT2D eigenvalue weighted by Gasteiger charge is 2.09. The summed E-state index contributed by atoms with van der Waals surface area (Å²) in [5.74, 6) is 4.11. The zero-order valence-corrected chi connectivity index (χ0v) is 12.3. The molecule has 0 aliphatic rings. The normalized spacial score (nSPS) is 9.52. The van der Waals surface area contributed by atoms with E-state index in [1.807, 2.05) is 37.2 Å². The van der Waals surface area contributed by atoms with Crippen molar-refractivity contribution in [3.8, 4) is 11.8 Å². The Balaban J connectivity index is 2.47. The Morgan fingerprint density at radius 1 is 1.00 bits per heavy atom. The van der Waals surface area contributed by atoms with Gasteiger partial charge >= 0.3 is 0 Å². The van der Waals surface area contributed by atoms with Gasteiger partial charge in [-0.05, 0) is 49.3 Å². The van der Waals surface area contributed by atoms with E-state index in [2.05, 4.69) is 29.1 Å². The number of isothiocyanates is 1. The first kappa shape index (κ1) is 15.1. The molecule has 0 aromatic heterocycles. The molecule has 0 saturated heterocycles. The molecule has 0 amide bonds. The summed E-state index contributed by atoms with van der Waals surface area (Å²) >= 11 is 4.35. The van der Waals surface area contributed by atoms with Gasteiger partial charge in [-0.15, -0.1) is 0 Å². The van der Waals surface area contributed by atoms with Crippen LogP contribution in [0.3, 0.4) is 0 Å². The number of nitrogens with zero attached hydrogens (tertiary/aromatic N) is 1. The third-order valence-electron chi connectivity index (χ3n) is 2.99. The summed E-state index contributed by atoms with van der Waals surface area (Å²) in [6, 6.07) is 8.09. The van der Waals surface area contributed by atoms with Crippen molar-refractivity contribution < 1.29 is 8.78 Å². The largest absolute Gasteiger partial charge is 0.204 e. The van der Waals surface area contributed by atoms with E-state index in [1.165, 1.54) is 0 Å². The van der Waals surface area contributed by atoms with Crippen molar-refractivity contribution in [1.82, 2.24) is 0 Å². The van der Waals surface area contributed by atoms with Gasteiger partial charge in [-0.25, -0.2) is 8.78 Å². The smallest absolute Gasteiger partial charge is 0.153 e. The Morgan fingerprint density at radius 3 is 2.10 bits per heavy atom. The van der Waals surface area contributed by atoms with Crippen molar-refractivity contribution in [2.45, 2.75) is 13.8 Å². The van der Waals surface area contributed by atoms with E-state index in [9.17, 15) is 8.78 Å². The van der Waals surface area contributed by atoms with Gasteiger partial charge in [-0.2, -0.15) is 4.99 Å². The zero-order chi connectivity index (χ0) is 15.4. The molecule has 0 heterocycles. The molecule has 0 bridgehead atoms. The molecule has 2 rings (SSSR count). The molecule has 0 atom stereocenters. The molecule has 0 fully saturated rings. The van der Waals surface area contributed by atoms with Gasteiger partial charge in [0.25, 0.3) is 0 Å². The molecule has 21 heavy (non-hydrogen) atoms. The Labute approximate surface area is 127 Å². The van der Waals surface area contributed by atoms with Crippen molar-refractivity contribution in [3.05, 3.63) is 64.2 Å². The van der Waals surface area contributed by atoms with Crippen LogP contribution in [0, 0.1) is 37.3 Å². The standard InChI is InChI=1S/C17H11F2NS/c1-11-4-3-5-12(2)14(11)7-6-13-8-15(18)17(20-10-21)16(19)9-13/h3-5,8-9H,1-2H3. The quantitative estimate of drug-likeness (QED) is 0.422. The first-order valence-electron chi connectivity index (χ1n) is 6.18. The highest BCUT2D eigenvalue weighted by atomic mass is 32.1. The van der Waals surface area contributed by atoms with Crippen LogP contribution in [0.25, 0.3) is 0 Å². The van der Waals surface area contributed by atoms with Gasteiger partial charge in [-0.1, -0.05) is 30.0 Å². The molecule has 4 heteroatoms. The van der Waals surface area contributed by atoms with Crippen LogP contribution in [-0.2, 0) is 0 Å². The molecule has 0 N–H and O–H groups in total. The number of halogens is 2. The van der Waals surface area contributed by atoms with Gasteiger partial charge in [0.1, 0.15) is 5.69 Å². The molecule has 2 aromatic carbocycles. The Bertz CT molecular complexity index is 766. The molecule has 104 valence electrons. The Hall–Kier alpha value is -2.34. The average molecular weight is 299 g/mol. The summed E-state index contributed by atoms with van der Waals surface area (Å²) < 4.78 is 27.4. The fraction of sp³-hybridized carbons (Fsp3) is 0.118. The Morgan fingerprint density at radius 2 is 1.57 bits per heavy atom. The number of aliphatic imine (C=N–C) groups is 1. The van der Waals surface area contributed by atoms with E-state index < -0.39 is 17.3 Å². The molecule has 0 saturated carbocycles. The maximum Gasteiger partial charge on any atom is 0.153 e. The second-order valence-electron chi connectivity index (χ2n) is 4.51. The first-order chi connectivity index (χ1) is 10.0. The van der Waals surface area contributed by atoms with Gasteiger partial charge in [0.05, 0.1) is 5.16 Å². The summed E-state index contributed by atoms with van der Waals surface area (Å²) in [5.41, 5.74) is 2.70. The van der Waals surface area contributed by atoms with Crippen LogP contribution in [0.2, 0.25) is 0 Å². The lowest BCUT2D eigenvalue weighted by Gasteiger charge is -2.02. The van der Waals surface area contributed by atoms with E-state index in [1.54, 1.807) is 0 Å². The molecular weight excluding hydrogens is 288 g/mol. The second-order valence-corrected chi connectivity index (χ2v) is 4.69. The zero-order valence-electron chi connectivity index (χ0n) is 11.5. The van der Waals surface area contributed by atoms with Gasteiger partial charge < -0.3 is 0 Å². The summed E-state index contributed by atoms with van der Waals surface area (Å²) in [4.78, 5) is 3.36. The fourth-order valence-electron chi connectivity index (χ4n) is 1.94. The van der Waals surface area contributed by atoms with Crippen LogP contribution >= 0.6 is 12.2 Å². The van der Waals surface area contributed by atoms with E-state index >= 15 is 0 Å². The predicted molar refractivity (Wildman–Crippen MR) is 82.9 cm³/mol. The third kappa shape index (κ3) is 3.41. The van der Waals surface area contributed by atoms with Crippen LogP contribution in [0.4, 0.5) is 14.5 Å². The van der Waals surface area contributed by atoms with Gasteiger partial charge in [0, 0.05) is 11.1 Å².